The number of carbonyl (C=O) groups excluding carboxylic acids is 1. The van der Waals surface area contributed by atoms with E-state index in [-0.39, 0.29) is 12.1 Å². The van der Waals surface area contributed by atoms with Crippen molar-refractivity contribution in [3.05, 3.63) is 24.3 Å². The maximum Gasteiger partial charge on any atom is 0.315 e. The van der Waals surface area contributed by atoms with Crippen molar-refractivity contribution < 1.29 is 9.53 Å². The maximum absolute atomic E-state index is 12.0. The maximum atomic E-state index is 12.0. The number of hydrogen-bond donors (Lipinski definition) is 2. The Kier molecular flexibility index (Phi) is 7.09. The quantitative estimate of drug-likeness (QED) is 0.759. The predicted molar refractivity (Wildman–Crippen MR) is 84.4 cm³/mol. The molecule has 1 aliphatic rings. The number of hydrogen-bond acceptors (Lipinski definition) is 4. The first-order valence-corrected chi connectivity index (χ1v) is 8.10. The van der Waals surface area contributed by atoms with Gasteiger partial charge in [-0.1, -0.05) is 32.1 Å². The Labute approximate surface area is 132 Å². The smallest absolute Gasteiger partial charge is 0.315 e. The van der Waals surface area contributed by atoms with Crippen LogP contribution in [0.25, 0.3) is 0 Å². The molecule has 1 fully saturated rings. The van der Waals surface area contributed by atoms with Gasteiger partial charge in [-0.2, -0.15) is 0 Å². The average molecular weight is 306 g/mol. The summed E-state index contributed by atoms with van der Waals surface area (Å²) in [7, 11) is 1.61. The molecule has 1 atom stereocenters. The first-order valence-electron chi connectivity index (χ1n) is 8.10. The van der Waals surface area contributed by atoms with Gasteiger partial charge in [0, 0.05) is 26.0 Å². The number of amides is 2. The summed E-state index contributed by atoms with van der Waals surface area (Å²) in [6.45, 7) is 0.997. The Morgan fingerprint density at radius 2 is 2.05 bits per heavy atom. The highest BCUT2D eigenvalue weighted by Crippen LogP contribution is 2.30. The van der Waals surface area contributed by atoms with E-state index >= 15 is 0 Å². The first-order chi connectivity index (χ1) is 10.8. The molecule has 122 valence electrons. The molecule has 2 N–H and O–H groups in total. The number of urea groups is 1. The zero-order valence-electron chi connectivity index (χ0n) is 13.3. The number of carbonyl (C=O) groups is 1. The topological polar surface area (TPSA) is 76.1 Å². The molecule has 6 nitrogen and oxygen atoms in total. The fraction of sp³-hybridized carbons (Fsp3) is 0.688. The number of ether oxygens (including phenoxy) is 1. The molecule has 2 rings (SSSR count). The van der Waals surface area contributed by atoms with Crippen LogP contribution in [-0.2, 0) is 4.74 Å². The van der Waals surface area contributed by atoms with E-state index in [4.69, 9.17) is 4.74 Å². The Morgan fingerprint density at radius 1 is 1.32 bits per heavy atom. The third-order valence-electron chi connectivity index (χ3n) is 4.09. The minimum Gasteiger partial charge on any atom is -0.383 e. The summed E-state index contributed by atoms with van der Waals surface area (Å²) >= 11 is 0. The molecule has 0 aliphatic heterocycles. The van der Waals surface area contributed by atoms with E-state index in [1.54, 1.807) is 25.6 Å². The summed E-state index contributed by atoms with van der Waals surface area (Å²) in [5.74, 6) is 1.33. The van der Waals surface area contributed by atoms with Crippen LogP contribution < -0.4 is 10.6 Å². The number of aromatic nitrogens is 2. The van der Waals surface area contributed by atoms with Crippen LogP contribution >= 0.6 is 0 Å². The molecular formula is C16H26N4O2. The summed E-state index contributed by atoms with van der Waals surface area (Å²) in [6.07, 6.45) is 10.7. The highest BCUT2D eigenvalue weighted by atomic mass is 16.5. The van der Waals surface area contributed by atoms with Crippen molar-refractivity contribution in [3.8, 4) is 0 Å². The van der Waals surface area contributed by atoms with Crippen LogP contribution in [0.3, 0.4) is 0 Å². The third kappa shape index (κ3) is 5.60. The highest BCUT2D eigenvalue weighted by Gasteiger charge is 2.23. The van der Waals surface area contributed by atoms with Crippen molar-refractivity contribution in [3.63, 3.8) is 0 Å². The average Bonchev–Trinajstić information content (AvgIpc) is 2.56. The lowest BCUT2D eigenvalue weighted by Crippen LogP contribution is -2.40. The van der Waals surface area contributed by atoms with E-state index in [1.807, 2.05) is 0 Å². The van der Waals surface area contributed by atoms with Gasteiger partial charge in [-0.05, 0) is 18.4 Å². The molecule has 1 aromatic heterocycles. The number of nitrogens with zero attached hydrogens (tertiary/aromatic N) is 2. The standard InChI is InChI=1S/C16H26N4O2/c1-22-11-10-19-16(21)20-14(15-17-8-5-9-18-15)12-13-6-3-2-4-7-13/h5,8-9,13-14H,2-4,6-7,10-12H2,1H3,(H2,19,20,21). The lowest BCUT2D eigenvalue weighted by molar-refractivity contribution is 0.194. The van der Waals surface area contributed by atoms with Crippen LogP contribution in [0.5, 0.6) is 0 Å². The second-order valence-corrected chi connectivity index (χ2v) is 5.79. The molecule has 0 aromatic carbocycles. The van der Waals surface area contributed by atoms with E-state index in [2.05, 4.69) is 20.6 Å². The van der Waals surface area contributed by atoms with Crippen molar-refractivity contribution >= 4 is 6.03 Å². The second kappa shape index (κ2) is 9.35. The number of nitrogens with one attached hydrogen (secondary N) is 2. The van der Waals surface area contributed by atoms with Gasteiger partial charge in [0.15, 0.2) is 5.82 Å². The summed E-state index contributed by atoms with van der Waals surface area (Å²) < 4.78 is 4.94. The molecule has 2 amide bonds. The molecule has 6 heteroatoms. The van der Waals surface area contributed by atoms with Gasteiger partial charge < -0.3 is 15.4 Å². The fourth-order valence-corrected chi connectivity index (χ4v) is 2.95. The number of methoxy groups -OCH3 is 1. The van der Waals surface area contributed by atoms with Gasteiger partial charge >= 0.3 is 6.03 Å². The summed E-state index contributed by atoms with van der Waals surface area (Å²) in [5.41, 5.74) is 0. The van der Waals surface area contributed by atoms with Crippen LogP contribution in [-0.4, -0.2) is 36.3 Å². The Morgan fingerprint density at radius 3 is 2.73 bits per heavy atom. The number of rotatable bonds is 7. The molecular weight excluding hydrogens is 280 g/mol. The summed E-state index contributed by atoms with van der Waals surface area (Å²) in [6, 6.07) is 1.47. The van der Waals surface area contributed by atoms with Crippen molar-refractivity contribution in [2.45, 2.75) is 44.6 Å². The normalized spacial score (nSPS) is 17.0. The van der Waals surface area contributed by atoms with Gasteiger partial charge in [-0.25, -0.2) is 14.8 Å². The molecule has 1 heterocycles. The van der Waals surface area contributed by atoms with E-state index in [9.17, 15) is 4.79 Å². The van der Waals surface area contributed by atoms with Crippen molar-refractivity contribution in [2.24, 2.45) is 5.92 Å². The fourth-order valence-electron chi connectivity index (χ4n) is 2.95. The summed E-state index contributed by atoms with van der Waals surface area (Å²) in [5, 5.41) is 5.80. The van der Waals surface area contributed by atoms with Gasteiger partial charge in [0.1, 0.15) is 0 Å². The molecule has 1 unspecified atom stereocenters. The molecule has 1 saturated carbocycles. The Bertz CT molecular complexity index is 435. The zero-order chi connectivity index (χ0) is 15.6. The molecule has 1 aliphatic carbocycles. The molecule has 0 bridgehead atoms. The minimum absolute atomic E-state index is 0.133. The molecule has 0 saturated heterocycles. The van der Waals surface area contributed by atoms with Gasteiger partial charge in [-0.15, -0.1) is 0 Å². The zero-order valence-corrected chi connectivity index (χ0v) is 13.3. The molecule has 0 radical (unpaired) electrons. The van der Waals surface area contributed by atoms with Crippen LogP contribution in [0, 0.1) is 5.92 Å². The van der Waals surface area contributed by atoms with E-state index in [1.165, 1.54) is 32.1 Å². The van der Waals surface area contributed by atoms with E-state index < -0.39 is 0 Å². The van der Waals surface area contributed by atoms with Crippen molar-refractivity contribution in [1.29, 1.82) is 0 Å². The van der Waals surface area contributed by atoms with E-state index in [0.29, 0.717) is 24.9 Å². The van der Waals surface area contributed by atoms with Crippen LogP contribution in [0.15, 0.2) is 18.5 Å². The minimum atomic E-state index is -0.190. The SMILES string of the molecule is COCCNC(=O)NC(CC1CCCCC1)c1ncccn1. The molecule has 22 heavy (non-hydrogen) atoms. The van der Waals surface area contributed by atoms with Crippen LogP contribution in [0.4, 0.5) is 4.79 Å². The van der Waals surface area contributed by atoms with Crippen molar-refractivity contribution in [2.75, 3.05) is 20.3 Å². The van der Waals surface area contributed by atoms with Crippen molar-refractivity contribution in [1.82, 2.24) is 20.6 Å². The van der Waals surface area contributed by atoms with Gasteiger partial charge in [0.2, 0.25) is 0 Å². The lowest BCUT2D eigenvalue weighted by atomic mass is 9.84. The highest BCUT2D eigenvalue weighted by molar-refractivity contribution is 5.74. The largest absolute Gasteiger partial charge is 0.383 e. The lowest BCUT2D eigenvalue weighted by Gasteiger charge is -2.26. The Hall–Kier alpha value is -1.69. The van der Waals surface area contributed by atoms with E-state index in [0.717, 1.165) is 6.42 Å². The Balaban J connectivity index is 1.93. The summed E-state index contributed by atoms with van der Waals surface area (Å²) in [4.78, 5) is 20.6. The third-order valence-corrected chi connectivity index (χ3v) is 4.09. The second-order valence-electron chi connectivity index (χ2n) is 5.79. The molecule has 0 spiro atoms. The first kappa shape index (κ1) is 16.7. The monoisotopic (exact) mass is 306 g/mol. The molecule has 1 aromatic rings. The van der Waals surface area contributed by atoms with Crippen LogP contribution in [0.2, 0.25) is 0 Å². The van der Waals surface area contributed by atoms with Gasteiger partial charge in [0.25, 0.3) is 0 Å². The van der Waals surface area contributed by atoms with Gasteiger partial charge in [-0.3, -0.25) is 0 Å². The van der Waals surface area contributed by atoms with Crippen LogP contribution in [0.1, 0.15) is 50.4 Å². The predicted octanol–water partition coefficient (Wildman–Crippen LogP) is 2.43. The van der Waals surface area contributed by atoms with Gasteiger partial charge in [0.05, 0.1) is 12.6 Å².